The Morgan fingerprint density at radius 2 is 1.76 bits per heavy atom. The van der Waals surface area contributed by atoms with Crippen molar-refractivity contribution in [1.29, 1.82) is 0 Å². The highest BCUT2D eigenvalue weighted by Crippen LogP contribution is 2.45. The number of carbonyl (C=O) groups is 4. The van der Waals surface area contributed by atoms with E-state index in [0.717, 1.165) is 5.56 Å². The average Bonchev–Trinajstić information content (AvgIpc) is 3.35. The van der Waals surface area contributed by atoms with Gasteiger partial charge in [-0.05, 0) is 58.9 Å². The summed E-state index contributed by atoms with van der Waals surface area (Å²) >= 11 is 0. The highest BCUT2D eigenvalue weighted by atomic mass is 16.6. The van der Waals surface area contributed by atoms with Gasteiger partial charge in [-0.25, -0.2) is 4.79 Å². The molecule has 3 aliphatic rings. The van der Waals surface area contributed by atoms with Crippen LogP contribution in [0.5, 0.6) is 0 Å². The highest BCUT2D eigenvalue weighted by molar-refractivity contribution is 5.99. The summed E-state index contributed by atoms with van der Waals surface area (Å²) in [4.78, 5) is 55.4. The molecule has 4 rings (SSSR count). The second-order valence-electron chi connectivity index (χ2n) is 11.1. The number of esters is 2. The van der Waals surface area contributed by atoms with Crippen LogP contribution in [0.4, 0.5) is 4.79 Å². The molecule has 1 aromatic carbocycles. The van der Waals surface area contributed by atoms with Crippen molar-refractivity contribution >= 4 is 23.9 Å². The number of benzene rings is 1. The molecule has 1 aromatic rings. The Balaban J connectivity index is 1.47. The van der Waals surface area contributed by atoms with Crippen LogP contribution in [0.25, 0.3) is 0 Å². The van der Waals surface area contributed by atoms with E-state index in [-0.39, 0.29) is 49.5 Å². The van der Waals surface area contributed by atoms with Gasteiger partial charge in [0.1, 0.15) is 18.1 Å². The summed E-state index contributed by atoms with van der Waals surface area (Å²) in [5, 5.41) is 0. The first-order valence-electron chi connectivity index (χ1n) is 13.3. The van der Waals surface area contributed by atoms with Crippen LogP contribution in [0.15, 0.2) is 30.3 Å². The number of likely N-dealkylation sites (tertiary alicyclic amines) is 2. The second kappa shape index (κ2) is 11.1. The van der Waals surface area contributed by atoms with E-state index in [1.54, 1.807) is 16.7 Å². The van der Waals surface area contributed by atoms with Crippen LogP contribution in [-0.4, -0.2) is 70.6 Å². The maximum Gasteiger partial charge on any atom is 0.410 e. The molecule has 2 heterocycles. The molecule has 3 fully saturated rings. The van der Waals surface area contributed by atoms with Crippen molar-refractivity contribution in [2.75, 3.05) is 13.2 Å². The average molecular weight is 515 g/mol. The minimum Gasteiger partial charge on any atom is -0.466 e. The summed E-state index contributed by atoms with van der Waals surface area (Å²) < 4.78 is 16.4. The lowest BCUT2D eigenvalue weighted by atomic mass is 9.81. The molecule has 0 radical (unpaired) electrons. The normalized spacial score (nSPS) is 27.2. The molecule has 5 atom stereocenters. The summed E-state index contributed by atoms with van der Waals surface area (Å²) in [5.74, 6) is -2.03. The predicted octanol–water partition coefficient (Wildman–Crippen LogP) is 3.69. The molecule has 2 bridgehead atoms. The third-order valence-corrected chi connectivity index (χ3v) is 7.51. The van der Waals surface area contributed by atoms with Gasteiger partial charge in [0, 0.05) is 24.5 Å². The maximum atomic E-state index is 13.4. The molecule has 0 aromatic heterocycles. The smallest absolute Gasteiger partial charge is 0.410 e. The van der Waals surface area contributed by atoms with E-state index in [0.29, 0.717) is 32.2 Å². The summed E-state index contributed by atoms with van der Waals surface area (Å²) in [5.41, 5.74) is 0.200. The van der Waals surface area contributed by atoms with Gasteiger partial charge in [0.25, 0.3) is 0 Å². The largest absolute Gasteiger partial charge is 0.466 e. The Kier molecular flexibility index (Phi) is 8.09. The van der Waals surface area contributed by atoms with Crippen LogP contribution in [0.2, 0.25) is 0 Å². The van der Waals surface area contributed by atoms with E-state index in [2.05, 4.69) is 0 Å². The number of fused-ring (bicyclic) bond motifs is 2. The minimum absolute atomic E-state index is 0.0509. The SMILES string of the molecule is CCOC(=O)C[C@@H]1[C@@H]2C[C@@H](CC[C@@H]2N2CC[C@H](C(=O)OCc3ccccc3)C2=O)N1C(=O)OC(C)(C)C. The Hall–Kier alpha value is -3.10. The van der Waals surface area contributed by atoms with Gasteiger partial charge in [-0.1, -0.05) is 30.3 Å². The molecule has 2 amide bonds. The van der Waals surface area contributed by atoms with Crippen LogP contribution in [-0.2, 0) is 35.2 Å². The topological polar surface area (TPSA) is 102 Å². The number of nitrogens with zero attached hydrogens (tertiary/aromatic N) is 2. The Morgan fingerprint density at radius 1 is 1.03 bits per heavy atom. The fraction of sp³-hybridized carbons (Fsp3) is 0.643. The Bertz CT molecular complexity index is 1010. The first kappa shape index (κ1) is 26.9. The van der Waals surface area contributed by atoms with Gasteiger partial charge in [0.15, 0.2) is 0 Å². The summed E-state index contributed by atoms with van der Waals surface area (Å²) in [6.45, 7) is 8.03. The summed E-state index contributed by atoms with van der Waals surface area (Å²) in [6, 6.07) is 8.73. The van der Waals surface area contributed by atoms with Crippen LogP contribution in [0.3, 0.4) is 0 Å². The quantitative estimate of drug-likeness (QED) is 0.311. The fourth-order valence-corrected chi connectivity index (χ4v) is 6.02. The van der Waals surface area contributed by atoms with Gasteiger partial charge < -0.3 is 24.0 Å². The molecule has 202 valence electrons. The van der Waals surface area contributed by atoms with E-state index < -0.39 is 29.6 Å². The van der Waals surface area contributed by atoms with Crippen molar-refractivity contribution in [2.45, 2.75) is 90.1 Å². The number of ether oxygens (including phenoxy) is 3. The number of carbonyl (C=O) groups excluding carboxylic acids is 4. The van der Waals surface area contributed by atoms with Gasteiger partial charge in [-0.3, -0.25) is 14.4 Å². The number of hydrogen-bond acceptors (Lipinski definition) is 7. The van der Waals surface area contributed by atoms with E-state index in [9.17, 15) is 19.2 Å². The first-order chi connectivity index (χ1) is 17.6. The lowest BCUT2D eigenvalue weighted by Crippen LogP contribution is -2.48. The zero-order chi connectivity index (χ0) is 26.7. The number of amides is 2. The Morgan fingerprint density at radius 3 is 2.43 bits per heavy atom. The molecule has 2 saturated heterocycles. The van der Waals surface area contributed by atoms with Gasteiger partial charge in [0.2, 0.25) is 5.91 Å². The lowest BCUT2D eigenvalue weighted by molar-refractivity contribution is -0.154. The van der Waals surface area contributed by atoms with E-state index in [4.69, 9.17) is 14.2 Å². The first-order valence-corrected chi connectivity index (χ1v) is 13.3. The van der Waals surface area contributed by atoms with Crippen molar-refractivity contribution in [3.63, 3.8) is 0 Å². The summed E-state index contributed by atoms with van der Waals surface area (Å²) in [7, 11) is 0. The summed E-state index contributed by atoms with van der Waals surface area (Å²) in [6.07, 6.45) is 2.09. The molecule has 37 heavy (non-hydrogen) atoms. The van der Waals surface area contributed by atoms with Gasteiger partial charge in [-0.2, -0.15) is 0 Å². The van der Waals surface area contributed by atoms with Crippen LogP contribution in [0, 0.1) is 11.8 Å². The standard InChI is InChI=1S/C28H38N2O7/c1-5-35-24(31)16-23-21-15-19(30(23)27(34)37-28(2,3)4)11-12-22(21)29-14-13-20(25(29)32)26(33)36-17-18-9-7-6-8-10-18/h6-10,19-23H,5,11-17H2,1-4H3/t19-,20+,21-,22+,23-/m1/s1. The third kappa shape index (κ3) is 6.08. The van der Waals surface area contributed by atoms with Crippen LogP contribution in [0.1, 0.15) is 65.4 Å². The van der Waals surface area contributed by atoms with Crippen molar-refractivity contribution in [3.05, 3.63) is 35.9 Å². The highest BCUT2D eigenvalue weighted by Gasteiger charge is 2.55. The molecule has 9 nitrogen and oxygen atoms in total. The zero-order valence-electron chi connectivity index (χ0n) is 22.2. The molecule has 0 N–H and O–H groups in total. The molecule has 0 spiro atoms. The molecule has 1 aliphatic carbocycles. The minimum atomic E-state index is -0.826. The molecular weight excluding hydrogens is 476 g/mol. The van der Waals surface area contributed by atoms with Crippen LogP contribution < -0.4 is 0 Å². The molecule has 2 aliphatic heterocycles. The number of rotatable bonds is 7. The van der Waals surface area contributed by atoms with Crippen molar-refractivity contribution in [2.24, 2.45) is 11.8 Å². The van der Waals surface area contributed by atoms with Crippen molar-refractivity contribution < 1.29 is 33.4 Å². The van der Waals surface area contributed by atoms with E-state index in [1.807, 2.05) is 51.1 Å². The second-order valence-corrected chi connectivity index (χ2v) is 11.1. The van der Waals surface area contributed by atoms with E-state index >= 15 is 0 Å². The molecule has 0 unspecified atom stereocenters. The monoisotopic (exact) mass is 514 g/mol. The van der Waals surface area contributed by atoms with E-state index in [1.165, 1.54) is 0 Å². The van der Waals surface area contributed by atoms with Gasteiger partial charge >= 0.3 is 18.0 Å². The lowest BCUT2D eigenvalue weighted by Gasteiger charge is -2.37. The molecule has 1 saturated carbocycles. The third-order valence-electron chi connectivity index (χ3n) is 7.51. The maximum absolute atomic E-state index is 13.4. The zero-order valence-corrected chi connectivity index (χ0v) is 22.2. The number of hydrogen-bond donors (Lipinski definition) is 0. The van der Waals surface area contributed by atoms with Gasteiger partial charge in [-0.15, -0.1) is 0 Å². The fourth-order valence-electron chi connectivity index (χ4n) is 6.02. The predicted molar refractivity (Wildman–Crippen MR) is 134 cm³/mol. The van der Waals surface area contributed by atoms with Gasteiger partial charge in [0.05, 0.1) is 19.1 Å². The molecular formula is C28H38N2O7. The van der Waals surface area contributed by atoms with Crippen LogP contribution >= 0.6 is 0 Å². The Labute approximate surface area is 218 Å². The van der Waals surface area contributed by atoms with Crippen molar-refractivity contribution in [1.82, 2.24) is 9.80 Å². The van der Waals surface area contributed by atoms with Crippen molar-refractivity contribution in [3.8, 4) is 0 Å². The molecule has 9 heteroatoms.